The van der Waals surface area contributed by atoms with Gasteiger partial charge in [-0.1, -0.05) is 12.1 Å². The van der Waals surface area contributed by atoms with E-state index in [9.17, 15) is 14.7 Å². The van der Waals surface area contributed by atoms with E-state index in [4.69, 9.17) is 10.00 Å². The monoisotopic (exact) mass is 291 g/mol. The molecule has 0 aliphatic carbocycles. The number of amides is 2. The SMILES string of the molecule is COC[C@](C)(O)CNC(=O)C(=O)Nc1ccccc1C#N. The molecule has 0 fully saturated rings. The zero-order chi connectivity index (χ0) is 15.9. The smallest absolute Gasteiger partial charge is 0.313 e. The molecule has 1 atom stereocenters. The van der Waals surface area contributed by atoms with Gasteiger partial charge in [0.2, 0.25) is 0 Å². The number of hydrogen-bond acceptors (Lipinski definition) is 5. The number of methoxy groups -OCH3 is 1. The molecule has 21 heavy (non-hydrogen) atoms. The molecule has 1 rings (SSSR count). The van der Waals surface area contributed by atoms with Gasteiger partial charge in [-0.2, -0.15) is 5.26 Å². The summed E-state index contributed by atoms with van der Waals surface area (Å²) in [4.78, 5) is 23.3. The van der Waals surface area contributed by atoms with Crippen molar-refractivity contribution < 1.29 is 19.4 Å². The first-order chi connectivity index (χ1) is 9.89. The molecule has 0 spiro atoms. The molecule has 0 aliphatic rings. The van der Waals surface area contributed by atoms with Crippen LogP contribution in [-0.4, -0.2) is 42.8 Å². The van der Waals surface area contributed by atoms with Gasteiger partial charge in [-0.15, -0.1) is 0 Å². The van der Waals surface area contributed by atoms with Crippen molar-refractivity contribution in [3.63, 3.8) is 0 Å². The van der Waals surface area contributed by atoms with Gasteiger partial charge in [0, 0.05) is 13.7 Å². The van der Waals surface area contributed by atoms with E-state index in [1.54, 1.807) is 12.1 Å². The number of carbonyl (C=O) groups excluding carboxylic acids is 2. The number of ether oxygens (including phenoxy) is 1. The second-order valence-corrected chi connectivity index (χ2v) is 4.72. The molecular weight excluding hydrogens is 274 g/mol. The molecule has 0 radical (unpaired) electrons. The molecule has 1 aromatic carbocycles. The fraction of sp³-hybridized carbons (Fsp3) is 0.357. The third kappa shape index (κ3) is 5.22. The number of carbonyl (C=O) groups is 2. The van der Waals surface area contributed by atoms with Crippen LogP contribution >= 0.6 is 0 Å². The van der Waals surface area contributed by atoms with Crippen LogP contribution in [0.3, 0.4) is 0 Å². The molecule has 0 heterocycles. The molecule has 0 saturated carbocycles. The molecule has 2 amide bonds. The molecule has 112 valence electrons. The van der Waals surface area contributed by atoms with Crippen molar-refractivity contribution in [1.82, 2.24) is 5.32 Å². The highest BCUT2D eigenvalue weighted by Gasteiger charge is 2.23. The lowest BCUT2D eigenvalue weighted by atomic mass is 10.1. The van der Waals surface area contributed by atoms with Crippen LogP contribution in [0.2, 0.25) is 0 Å². The van der Waals surface area contributed by atoms with Crippen LogP contribution in [0.4, 0.5) is 5.69 Å². The van der Waals surface area contributed by atoms with Crippen LogP contribution in [0.1, 0.15) is 12.5 Å². The van der Waals surface area contributed by atoms with Crippen LogP contribution in [-0.2, 0) is 14.3 Å². The molecule has 1 aromatic rings. The first-order valence-corrected chi connectivity index (χ1v) is 6.19. The Morgan fingerprint density at radius 1 is 1.38 bits per heavy atom. The summed E-state index contributed by atoms with van der Waals surface area (Å²) < 4.78 is 4.79. The Morgan fingerprint density at radius 3 is 2.67 bits per heavy atom. The van der Waals surface area contributed by atoms with Crippen molar-refractivity contribution >= 4 is 17.5 Å². The third-order valence-electron chi connectivity index (χ3n) is 2.59. The lowest BCUT2D eigenvalue weighted by molar-refractivity contribution is -0.137. The van der Waals surface area contributed by atoms with Crippen LogP contribution in [0.5, 0.6) is 0 Å². The van der Waals surface area contributed by atoms with E-state index in [0.29, 0.717) is 0 Å². The topological polar surface area (TPSA) is 111 Å². The number of benzene rings is 1. The van der Waals surface area contributed by atoms with Crippen LogP contribution in [0.25, 0.3) is 0 Å². The molecule has 3 N–H and O–H groups in total. The normalized spacial score (nSPS) is 12.9. The highest BCUT2D eigenvalue weighted by atomic mass is 16.5. The van der Waals surface area contributed by atoms with Crippen molar-refractivity contribution in [2.45, 2.75) is 12.5 Å². The number of anilines is 1. The average molecular weight is 291 g/mol. The minimum atomic E-state index is -1.27. The Balaban J connectivity index is 2.60. The highest BCUT2D eigenvalue weighted by Crippen LogP contribution is 2.13. The Hall–Kier alpha value is -2.43. The minimum absolute atomic E-state index is 0.0200. The van der Waals surface area contributed by atoms with Gasteiger partial charge < -0.3 is 20.5 Å². The van der Waals surface area contributed by atoms with Gasteiger partial charge >= 0.3 is 11.8 Å². The van der Waals surface area contributed by atoms with Gasteiger partial charge in [0.15, 0.2) is 0 Å². The molecule has 0 unspecified atom stereocenters. The Labute approximate surface area is 122 Å². The summed E-state index contributed by atoms with van der Waals surface area (Å²) in [5.41, 5.74) is -0.760. The summed E-state index contributed by atoms with van der Waals surface area (Å²) >= 11 is 0. The summed E-state index contributed by atoms with van der Waals surface area (Å²) in [6.45, 7) is 1.36. The van der Waals surface area contributed by atoms with Crippen molar-refractivity contribution in [2.24, 2.45) is 0 Å². The maximum atomic E-state index is 11.7. The van der Waals surface area contributed by atoms with Crippen LogP contribution in [0, 0.1) is 11.3 Å². The van der Waals surface area contributed by atoms with Crippen LogP contribution < -0.4 is 10.6 Å². The standard InChI is InChI=1S/C14H17N3O4/c1-14(20,9-21-2)8-16-12(18)13(19)17-11-6-4-3-5-10(11)7-15/h3-6,20H,8-9H2,1-2H3,(H,16,18)(H,17,19)/t14-/m1/s1. The van der Waals surface area contributed by atoms with Gasteiger partial charge in [-0.25, -0.2) is 0 Å². The summed E-state index contributed by atoms with van der Waals surface area (Å²) in [7, 11) is 1.42. The predicted molar refractivity (Wildman–Crippen MR) is 75.3 cm³/mol. The second kappa shape index (κ2) is 7.38. The Morgan fingerprint density at radius 2 is 2.05 bits per heavy atom. The van der Waals surface area contributed by atoms with Crippen molar-refractivity contribution in [2.75, 3.05) is 25.6 Å². The fourth-order valence-corrected chi connectivity index (χ4v) is 1.58. The first kappa shape index (κ1) is 16.6. The number of nitrogens with zero attached hydrogens (tertiary/aromatic N) is 1. The van der Waals surface area contributed by atoms with E-state index in [2.05, 4.69) is 10.6 Å². The van der Waals surface area contributed by atoms with Gasteiger partial charge in [0.25, 0.3) is 0 Å². The van der Waals surface area contributed by atoms with Gasteiger partial charge in [0.05, 0.1) is 17.9 Å². The molecule has 7 nitrogen and oxygen atoms in total. The lowest BCUT2D eigenvalue weighted by Crippen LogP contribution is -2.46. The fourth-order valence-electron chi connectivity index (χ4n) is 1.58. The predicted octanol–water partition coefficient (Wildman–Crippen LogP) is 0.0104. The second-order valence-electron chi connectivity index (χ2n) is 4.72. The molecule has 0 saturated heterocycles. The molecule has 7 heteroatoms. The number of aliphatic hydroxyl groups is 1. The van der Waals surface area contributed by atoms with Gasteiger partial charge in [-0.05, 0) is 19.1 Å². The number of nitriles is 1. The summed E-state index contributed by atoms with van der Waals surface area (Å²) in [6.07, 6.45) is 0. The average Bonchev–Trinajstić information content (AvgIpc) is 2.45. The highest BCUT2D eigenvalue weighted by molar-refractivity contribution is 6.39. The first-order valence-electron chi connectivity index (χ1n) is 6.19. The molecule has 0 aliphatic heterocycles. The minimum Gasteiger partial charge on any atom is -0.386 e. The van der Waals surface area contributed by atoms with Gasteiger partial charge in [0.1, 0.15) is 11.7 Å². The Bertz CT molecular complexity index is 564. The molecule has 0 bridgehead atoms. The van der Waals surface area contributed by atoms with Crippen molar-refractivity contribution in [3.05, 3.63) is 29.8 Å². The number of rotatable bonds is 5. The van der Waals surface area contributed by atoms with E-state index in [0.717, 1.165) is 0 Å². The van der Waals surface area contributed by atoms with E-state index in [1.807, 2.05) is 6.07 Å². The summed E-state index contributed by atoms with van der Waals surface area (Å²) in [6, 6.07) is 8.24. The largest absolute Gasteiger partial charge is 0.386 e. The van der Waals surface area contributed by atoms with E-state index >= 15 is 0 Å². The molecule has 0 aromatic heterocycles. The zero-order valence-corrected chi connectivity index (χ0v) is 11.8. The van der Waals surface area contributed by atoms with Crippen molar-refractivity contribution in [1.29, 1.82) is 5.26 Å². The van der Waals surface area contributed by atoms with Gasteiger partial charge in [-0.3, -0.25) is 9.59 Å². The van der Waals surface area contributed by atoms with E-state index in [1.165, 1.54) is 26.2 Å². The van der Waals surface area contributed by atoms with Crippen molar-refractivity contribution in [3.8, 4) is 6.07 Å². The summed E-state index contributed by atoms with van der Waals surface area (Å²) in [5.74, 6) is -1.81. The number of para-hydroxylation sites is 1. The van der Waals surface area contributed by atoms with E-state index < -0.39 is 17.4 Å². The number of hydrogen-bond donors (Lipinski definition) is 3. The lowest BCUT2D eigenvalue weighted by Gasteiger charge is -2.22. The van der Waals surface area contributed by atoms with E-state index in [-0.39, 0.29) is 24.4 Å². The maximum Gasteiger partial charge on any atom is 0.313 e. The molecular formula is C14H17N3O4. The zero-order valence-electron chi connectivity index (χ0n) is 11.8. The number of nitrogens with one attached hydrogen (secondary N) is 2. The quantitative estimate of drug-likeness (QED) is 0.662. The maximum absolute atomic E-state index is 11.7. The van der Waals surface area contributed by atoms with Crippen LogP contribution in [0.15, 0.2) is 24.3 Å². The summed E-state index contributed by atoms with van der Waals surface area (Å²) in [5, 5.41) is 23.3. The Kier molecular flexibility index (Phi) is 5.84. The third-order valence-corrected chi connectivity index (χ3v) is 2.59.